The summed E-state index contributed by atoms with van der Waals surface area (Å²) in [4.78, 5) is 22.8. The number of hydrogen-bond acceptors (Lipinski definition) is 8. The maximum Gasteiger partial charge on any atom is 0.344 e. The molecule has 2 rings (SSSR count). The lowest BCUT2D eigenvalue weighted by atomic mass is 10.0. The lowest BCUT2D eigenvalue weighted by Crippen LogP contribution is -2.33. The van der Waals surface area contributed by atoms with E-state index in [1.165, 1.54) is 0 Å². The Kier molecular flexibility index (Phi) is 9.80. The maximum atomic E-state index is 11.6. The number of aliphatic hydroxyl groups is 1. The van der Waals surface area contributed by atoms with Crippen LogP contribution in [-0.4, -0.2) is 54.5 Å². The van der Waals surface area contributed by atoms with Gasteiger partial charge in [-0.2, -0.15) is 0 Å². The molecular formula is C23H30N2O6. The predicted molar refractivity (Wildman–Crippen MR) is 117 cm³/mol. The summed E-state index contributed by atoms with van der Waals surface area (Å²) < 4.78 is 9.51. The molecule has 0 spiro atoms. The van der Waals surface area contributed by atoms with Crippen molar-refractivity contribution in [3.63, 3.8) is 0 Å². The quantitative estimate of drug-likeness (QED) is 0.379. The van der Waals surface area contributed by atoms with Crippen LogP contribution in [0.5, 0.6) is 5.75 Å². The summed E-state index contributed by atoms with van der Waals surface area (Å²) in [5.41, 5.74) is 2.61. The van der Waals surface area contributed by atoms with E-state index in [2.05, 4.69) is 10.6 Å². The minimum Gasteiger partial charge on any atom is -0.508 e. The van der Waals surface area contributed by atoms with Crippen LogP contribution >= 0.6 is 0 Å². The number of benzene rings is 2. The van der Waals surface area contributed by atoms with Gasteiger partial charge in [-0.25, -0.2) is 4.79 Å². The van der Waals surface area contributed by atoms with Crippen LogP contribution < -0.4 is 10.6 Å². The van der Waals surface area contributed by atoms with Gasteiger partial charge in [0.2, 0.25) is 0 Å². The minimum absolute atomic E-state index is 0.0486. The van der Waals surface area contributed by atoms with Gasteiger partial charge in [0.1, 0.15) is 12.3 Å². The van der Waals surface area contributed by atoms with Gasteiger partial charge >= 0.3 is 11.9 Å². The molecule has 31 heavy (non-hydrogen) atoms. The number of carbonyl (C=O) groups excluding carboxylic acids is 2. The molecule has 0 radical (unpaired) electrons. The molecule has 2 aromatic carbocycles. The molecule has 8 nitrogen and oxygen atoms in total. The summed E-state index contributed by atoms with van der Waals surface area (Å²) in [5.74, 6) is -0.940. The van der Waals surface area contributed by atoms with E-state index in [1.54, 1.807) is 31.2 Å². The number of hydrogen-bond donors (Lipinski definition) is 4. The van der Waals surface area contributed by atoms with E-state index in [1.807, 2.05) is 31.2 Å². The molecule has 8 heteroatoms. The van der Waals surface area contributed by atoms with Gasteiger partial charge in [-0.05, 0) is 62.2 Å². The van der Waals surface area contributed by atoms with E-state index < -0.39 is 18.0 Å². The molecule has 0 amide bonds. The van der Waals surface area contributed by atoms with Gasteiger partial charge in [-0.15, -0.1) is 0 Å². The van der Waals surface area contributed by atoms with Crippen molar-refractivity contribution in [3.05, 3.63) is 59.7 Å². The fourth-order valence-corrected chi connectivity index (χ4v) is 2.87. The number of carbonyl (C=O) groups is 2. The molecule has 0 heterocycles. The molecule has 0 bridgehead atoms. The largest absolute Gasteiger partial charge is 0.508 e. The summed E-state index contributed by atoms with van der Waals surface area (Å²) in [6.07, 6.45) is 0.102. The Balaban J connectivity index is 1.69. The van der Waals surface area contributed by atoms with Crippen LogP contribution in [0, 0.1) is 0 Å². The number of esters is 2. The second kappa shape index (κ2) is 12.6. The average Bonchev–Trinajstić information content (AvgIpc) is 2.77. The maximum absolute atomic E-state index is 11.6. The van der Waals surface area contributed by atoms with Gasteiger partial charge in [0, 0.05) is 11.7 Å². The number of phenols is 1. The Hall–Kier alpha value is -3.10. The van der Waals surface area contributed by atoms with E-state index in [0.29, 0.717) is 6.54 Å². The highest BCUT2D eigenvalue weighted by Gasteiger charge is 2.15. The van der Waals surface area contributed by atoms with E-state index in [9.17, 15) is 19.8 Å². The van der Waals surface area contributed by atoms with Crippen LogP contribution in [0.2, 0.25) is 0 Å². The van der Waals surface area contributed by atoms with Crippen LogP contribution in [0.25, 0.3) is 0 Å². The lowest BCUT2D eigenvalue weighted by molar-refractivity contribution is -0.157. The van der Waals surface area contributed by atoms with E-state index in [0.717, 1.165) is 23.2 Å². The third-order valence-electron chi connectivity index (χ3n) is 4.64. The first-order chi connectivity index (χ1) is 14.9. The Morgan fingerprint density at radius 2 is 1.68 bits per heavy atom. The molecule has 0 fully saturated rings. The zero-order valence-corrected chi connectivity index (χ0v) is 17.8. The predicted octanol–water partition coefficient (Wildman–Crippen LogP) is 2.16. The lowest BCUT2D eigenvalue weighted by Gasteiger charge is -2.21. The number of phenolic OH excluding ortho intramolecular Hbond substituents is 1. The van der Waals surface area contributed by atoms with Crippen LogP contribution in [0.15, 0.2) is 48.5 Å². The number of aromatic hydroxyl groups is 1. The standard InChI is InChI=1S/C23H30N2O6/c1-3-30-22(28)15-31-21(27)14-25-19-8-4-17(5-9-19)12-13-24-16(2)23(29)18-6-10-20(26)11-7-18/h4-11,16,23-26,29H,3,12-15H2,1-2H3/t16-,23-/m0/s1. The molecule has 168 valence electrons. The molecule has 0 aliphatic heterocycles. The Bertz CT molecular complexity index is 823. The summed E-state index contributed by atoms with van der Waals surface area (Å²) in [5, 5.41) is 26.0. The van der Waals surface area contributed by atoms with Crippen molar-refractivity contribution in [1.82, 2.24) is 5.32 Å². The monoisotopic (exact) mass is 430 g/mol. The van der Waals surface area contributed by atoms with Crippen molar-refractivity contribution < 1.29 is 29.3 Å². The van der Waals surface area contributed by atoms with Gasteiger partial charge in [-0.1, -0.05) is 24.3 Å². The second-order valence-corrected chi connectivity index (χ2v) is 7.05. The van der Waals surface area contributed by atoms with E-state index in [4.69, 9.17) is 9.47 Å². The van der Waals surface area contributed by atoms with Crippen LogP contribution in [0.4, 0.5) is 5.69 Å². The summed E-state index contributed by atoms with van der Waals surface area (Å²) in [6.45, 7) is 4.08. The first kappa shape index (κ1) is 24.2. The molecule has 2 aromatic rings. The highest BCUT2D eigenvalue weighted by atomic mass is 16.6. The summed E-state index contributed by atoms with van der Waals surface area (Å²) >= 11 is 0. The molecule has 4 N–H and O–H groups in total. The molecule has 0 aliphatic carbocycles. The number of aliphatic hydroxyl groups excluding tert-OH is 1. The van der Waals surface area contributed by atoms with Gasteiger partial charge in [0.25, 0.3) is 0 Å². The van der Waals surface area contributed by atoms with Gasteiger partial charge in [0.15, 0.2) is 6.61 Å². The van der Waals surface area contributed by atoms with E-state index >= 15 is 0 Å². The first-order valence-electron chi connectivity index (χ1n) is 10.2. The fraction of sp³-hybridized carbons (Fsp3) is 0.391. The normalized spacial score (nSPS) is 12.6. The minimum atomic E-state index is -0.671. The summed E-state index contributed by atoms with van der Waals surface area (Å²) in [6, 6.07) is 14.0. The number of ether oxygens (including phenoxy) is 2. The van der Waals surface area contributed by atoms with Crippen molar-refractivity contribution in [1.29, 1.82) is 0 Å². The van der Waals surface area contributed by atoms with Crippen LogP contribution in [0.1, 0.15) is 31.1 Å². The van der Waals surface area contributed by atoms with Crippen molar-refractivity contribution in [3.8, 4) is 5.75 Å². The van der Waals surface area contributed by atoms with Crippen molar-refractivity contribution in [2.75, 3.05) is 31.6 Å². The molecule has 0 unspecified atom stereocenters. The molecule has 0 aliphatic rings. The van der Waals surface area contributed by atoms with Crippen LogP contribution in [0.3, 0.4) is 0 Å². The van der Waals surface area contributed by atoms with Gasteiger partial charge in [0.05, 0.1) is 12.7 Å². The number of rotatable bonds is 12. The number of nitrogens with one attached hydrogen (secondary N) is 2. The highest BCUT2D eigenvalue weighted by molar-refractivity contribution is 5.79. The second-order valence-electron chi connectivity index (χ2n) is 7.05. The molecule has 0 aromatic heterocycles. The SMILES string of the molecule is CCOC(=O)COC(=O)CNc1ccc(CCN[C@@H](C)[C@H](O)c2ccc(O)cc2)cc1. The van der Waals surface area contributed by atoms with Gasteiger partial charge < -0.3 is 30.3 Å². The van der Waals surface area contributed by atoms with Crippen molar-refractivity contribution in [2.24, 2.45) is 0 Å². The molecule has 2 atom stereocenters. The Labute approximate surface area is 182 Å². The van der Waals surface area contributed by atoms with Gasteiger partial charge in [-0.3, -0.25) is 4.79 Å². The molecule has 0 saturated carbocycles. The number of anilines is 1. The first-order valence-corrected chi connectivity index (χ1v) is 10.2. The van der Waals surface area contributed by atoms with Crippen LogP contribution in [-0.2, 0) is 25.5 Å². The fourth-order valence-electron chi connectivity index (χ4n) is 2.87. The average molecular weight is 431 g/mol. The Morgan fingerprint density at radius 1 is 1.00 bits per heavy atom. The molecular weight excluding hydrogens is 400 g/mol. The zero-order valence-electron chi connectivity index (χ0n) is 17.8. The Morgan fingerprint density at radius 3 is 2.32 bits per heavy atom. The van der Waals surface area contributed by atoms with Crippen molar-refractivity contribution >= 4 is 17.6 Å². The highest BCUT2D eigenvalue weighted by Crippen LogP contribution is 2.19. The van der Waals surface area contributed by atoms with E-state index in [-0.39, 0.29) is 31.5 Å². The van der Waals surface area contributed by atoms with Crippen molar-refractivity contribution in [2.45, 2.75) is 32.4 Å². The third-order valence-corrected chi connectivity index (χ3v) is 4.64. The zero-order chi connectivity index (χ0) is 22.6. The summed E-state index contributed by atoms with van der Waals surface area (Å²) in [7, 11) is 0. The smallest absolute Gasteiger partial charge is 0.344 e. The topological polar surface area (TPSA) is 117 Å². The third kappa shape index (κ3) is 8.65. The molecule has 0 saturated heterocycles.